The number of halogens is 1. The molecule has 1 rings (SSSR count). The molecular weight excluding hydrogens is 272 g/mol. The zero-order chi connectivity index (χ0) is 14.8. The number of aldehydes is 1. The predicted octanol–water partition coefficient (Wildman–Crippen LogP) is -0.438. The number of nitrogens with zero attached hydrogens (tertiary/aromatic N) is 4. The predicted molar refractivity (Wildman–Crippen MR) is 72.2 cm³/mol. The monoisotopic (exact) mass is 290 g/mol. The molecule has 0 fully saturated rings. The Morgan fingerprint density at radius 3 is 2.63 bits per heavy atom. The van der Waals surface area contributed by atoms with Crippen molar-refractivity contribution in [2.75, 3.05) is 20.0 Å². The molecule has 19 heavy (non-hydrogen) atoms. The lowest BCUT2D eigenvalue weighted by Crippen LogP contribution is -2.56. The van der Waals surface area contributed by atoms with E-state index in [1.165, 1.54) is 0 Å². The van der Waals surface area contributed by atoms with E-state index in [0.29, 0.717) is 12.2 Å². The minimum Gasteiger partial charge on any atom is -0.346 e. The topological polar surface area (TPSA) is 94.3 Å². The van der Waals surface area contributed by atoms with Crippen LogP contribution < -0.4 is 11.2 Å². The number of carbonyl (C=O) groups excluding carboxylic acids is 2. The van der Waals surface area contributed by atoms with Crippen LogP contribution in [0.25, 0.3) is 0 Å². The normalized spacial score (nSPS) is 19.3. The molecule has 0 radical (unpaired) electrons. The van der Waals surface area contributed by atoms with Gasteiger partial charge < -0.3 is 10.2 Å². The Kier molecular flexibility index (Phi) is 4.59. The lowest BCUT2D eigenvalue weighted by atomic mass is 10.1. The summed E-state index contributed by atoms with van der Waals surface area (Å²) in [5, 5.41) is 8.83. The van der Waals surface area contributed by atoms with E-state index in [2.05, 4.69) is 10.4 Å². The van der Waals surface area contributed by atoms with Crippen molar-refractivity contribution < 1.29 is 9.59 Å². The van der Waals surface area contributed by atoms with Crippen LogP contribution in [0.15, 0.2) is 5.10 Å². The molecule has 0 saturated heterocycles. The van der Waals surface area contributed by atoms with Crippen molar-refractivity contribution >= 4 is 29.9 Å². The van der Waals surface area contributed by atoms with E-state index in [-0.39, 0.29) is 5.88 Å². The zero-order valence-corrected chi connectivity index (χ0v) is 12.2. The number of guanidine groups is 1. The van der Waals surface area contributed by atoms with Gasteiger partial charge in [0.15, 0.2) is 6.29 Å². The number of nitrogens with one attached hydrogen (secondary N) is 1. The summed E-state index contributed by atoms with van der Waals surface area (Å²) in [6.07, 6.45) is -0.420. The highest BCUT2D eigenvalue weighted by molar-refractivity contribution is 6.18. The maximum atomic E-state index is 12.1. The van der Waals surface area contributed by atoms with Gasteiger partial charge in [0.05, 0.1) is 0 Å². The van der Waals surface area contributed by atoms with Gasteiger partial charge in [-0.1, -0.05) is 0 Å². The Hall–Kier alpha value is -1.54. The van der Waals surface area contributed by atoms with Gasteiger partial charge in [-0.15, -0.1) is 16.7 Å². The Bertz CT molecular complexity index is 397. The average Bonchev–Trinajstić information content (AvgIpc) is 2.65. The summed E-state index contributed by atoms with van der Waals surface area (Å²) in [5.41, 5.74) is -0.609. The number of nitrogens with two attached hydrogens (primary N) is 1. The first-order valence-electron chi connectivity index (χ1n) is 5.66. The quantitative estimate of drug-likeness (QED) is 0.418. The first-order valence-corrected chi connectivity index (χ1v) is 6.19. The molecule has 0 bridgehead atoms. The second kappa shape index (κ2) is 5.62. The molecule has 3 N–H and O–H groups in total. The molecular formula is C10H19ClN6O2. The second-order valence-electron chi connectivity index (χ2n) is 5.04. The number of rotatable bonds is 3. The van der Waals surface area contributed by atoms with Crippen molar-refractivity contribution in [3.8, 4) is 0 Å². The highest BCUT2D eigenvalue weighted by Crippen LogP contribution is 2.15. The molecule has 2 amide bonds. The van der Waals surface area contributed by atoms with Crippen molar-refractivity contribution in [2.24, 2.45) is 10.9 Å². The van der Waals surface area contributed by atoms with Crippen molar-refractivity contribution in [1.29, 1.82) is 0 Å². The Balaban J connectivity index is 2.92. The van der Waals surface area contributed by atoms with Gasteiger partial charge in [0.25, 0.3) is 0 Å². The molecule has 1 aliphatic heterocycles. The van der Waals surface area contributed by atoms with E-state index < -0.39 is 17.7 Å². The Morgan fingerprint density at radius 2 is 2.21 bits per heavy atom. The first-order chi connectivity index (χ1) is 8.73. The van der Waals surface area contributed by atoms with Crippen molar-refractivity contribution in [2.45, 2.75) is 25.6 Å². The fourth-order valence-electron chi connectivity index (χ4n) is 1.43. The van der Waals surface area contributed by atoms with Crippen LogP contribution in [0.1, 0.15) is 13.8 Å². The molecule has 0 aliphatic carbocycles. The van der Waals surface area contributed by atoms with Crippen LogP contribution in [0.2, 0.25) is 0 Å². The standard InChI is InChI=1S/C10H19ClN6O2/c1-10(2,6-11)13-9(19)17-7(5-18)16(12)8(14-17)15(3)4/h5,7H,6,12H2,1-4H3,(H,13,19). The molecule has 9 heteroatoms. The van der Waals surface area contributed by atoms with Crippen LogP contribution in [0.5, 0.6) is 0 Å². The maximum absolute atomic E-state index is 12.1. The van der Waals surface area contributed by atoms with Gasteiger partial charge in [0.2, 0.25) is 12.1 Å². The third kappa shape index (κ3) is 3.27. The number of hydrazine groups is 1. The largest absolute Gasteiger partial charge is 0.346 e. The van der Waals surface area contributed by atoms with Crippen LogP contribution in [-0.2, 0) is 4.79 Å². The van der Waals surface area contributed by atoms with Crippen LogP contribution in [-0.4, -0.2) is 64.9 Å². The van der Waals surface area contributed by atoms with Crippen LogP contribution in [0.4, 0.5) is 4.79 Å². The number of hydrogen-bond donors (Lipinski definition) is 2. The number of alkyl halides is 1. The molecule has 0 saturated carbocycles. The van der Waals surface area contributed by atoms with Gasteiger partial charge in [0, 0.05) is 25.5 Å². The van der Waals surface area contributed by atoms with E-state index >= 15 is 0 Å². The summed E-state index contributed by atoms with van der Waals surface area (Å²) in [6.45, 7) is 3.53. The number of carbonyl (C=O) groups is 2. The van der Waals surface area contributed by atoms with Gasteiger partial charge in [-0.3, -0.25) is 4.79 Å². The molecule has 1 atom stereocenters. The Labute approximate surface area is 117 Å². The summed E-state index contributed by atoms with van der Waals surface area (Å²) in [4.78, 5) is 24.8. The minimum atomic E-state index is -0.969. The third-order valence-corrected chi connectivity index (χ3v) is 3.14. The van der Waals surface area contributed by atoms with Crippen LogP contribution in [0, 0.1) is 0 Å². The van der Waals surface area contributed by atoms with Crippen LogP contribution >= 0.6 is 11.6 Å². The molecule has 0 aromatic heterocycles. The first kappa shape index (κ1) is 15.5. The van der Waals surface area contributed by atoms with E-state index in [9.17, 15) is 9.59 Å². The second-order valence-corrected chi connectivity index (χ2v) is 5.31. The number of hydrogen-bond acceptors (Lipinski definition) is 6. The molecule has 1 aliphatic rings. The maximum Gasteiger partial charge on any atom is 0.340 e. The highest BCUT2D eigenvalue weighted by Gasteiger charge is 2.38. The van der Waals surface area contributed by atoms with E-state index in [0.717, 1.165) is 10.0 Å². The summed E-state index contributed by atoms with van der Waals surface area (Å²) in [7, 11) is 3.43. The van der Waals surface area contributed by atoms with Gasteiger partial charge in [-0.25, -0.2) is 15.6 Å². The van der Waals surface area contributed by atoms with Crippen molar-refractivity contribution in [3.05, 3.63) is 0 Å². The average molecular weight is 291 g/mol. The number of urea groups is 1. The Morgan fingerprint density at radius 1 is 1.63 bits per heavy atom. The molecule has 108 valence electrons. The number of amides is 2. The van der Waals surface area contributed by atoms with E-state index in [1.54, 1.807) is 32.8 Å². The van der Waals surface area contributed by atoms with Gasteiger partial charge >= 0.3 is 6.03 Å². The number of hydrazone groups is 1. The van der Waals surface area contributed by atoms with Crippen LogP contribution in [0.3, 0.4) is 0 Å². The molecule has 0 spiro atoms. The molecule has 0 aromatic carbocycles. The van der Waals surface area contributed by atoms with Gasteiger partial charge in [0.1, 0.15) is 0 Å². The molecule has 8 nitrogen and oxygen atoms in total. The van der Waals surface area contributed by atoms with E-state index in [1.807, 2.05) is 0 Å². The van der Waals surface area contributed by atoms with Gasteiger partial charge in [-0.05, 0) is 13.8 Å². The minimum absolute atomic E-state index is 0.231. The summed E-state index contributed by atoms with van der Waals surface area (Å²) < 4.78 is 0. The smallest absolute Gasteiger partial charge is 0.340 e. The highest BCUT2D eigenvalue weighted by atomic mass is 35.5. The third-order valence-electron chi connectivity index (χ3n) is 2.47. The fourth-order valence-corrected chi connectivity index (χ4v) is 1.50. The van der Waals surface area contributed by atoms with Crippen molar-refractivity contribution in [3.63, 3.8) is 0 Å². The molecule has 1 heterocycles. The zero-order valence-electron chi connectivity index (χ0n) is 11.4. The fraction of sp³-hybridized carbons (Fsp3) is 0.700. The lowest BCUT2D eigenvalue weighted by molar-refractivity contribution is -0.114. The molecule has 0 aromatic rings. The summed E-state index contributed by atoms with van der Waals surface area (Å²) >= 11 is 5.74. The van der Waals surface area contributed by atoms with E-state index in [4.69, 9.17) is 17.4 Å². The molecule has 1 unspecified atom stereocenters. The lowest BCUT2D eigenvalue weighted by Gasteiger charge is -2.28. The summed E-state index contributed by atoms with van der Waals surface area (Å²) in [5.74, 6) is 6.29. The summed E-state index contributed by atoms with van der Waals surface area (Å²) in [6, 6.07) is -0.532. The van der Waals surface area contributed by atoms with Crippen molar-refractivity contribution in [1.82, 2.24) is 20.2 Å². The SMILES string of the molecule is CN(C)C1=NN(C(=O)NC(C)(C)CCl)C(C=O)N1N. The van der Waals surface area contributed by atoms with Gasteiger partial charge in [-0.2, -0.15) is 5.01 Å².